The van der Waals surface area contributed by atoms with Crippen LogP contribution >= 0.6 is 22.9 Å². The Hall–Kier alpha value is -0.160. The highest BCUT2D eigenvalue weighted by Gasteiger charge is 2.07. The third kappa shape index (κ3) is 4.93. The third-order valence-electron chi connectivity index (χ3n) is 2.15. The molecule has 0 saturated carbocycles. The van der Waals surface area contributed by atoms with E-state index in [2.05, 4.69) is 16.8 Å². The summed E-state index contributed by atoms with van der Waals surface area (Å²) >= 11 is 7.27. The van der Waals surface area contributed by atoms with Gasteiger partial charge in [0.15, 0.2) is 4.47 Å². The van der Waals surface area contributed by atoms with E-state index in [4.69, 9.17) is 16.7 Å². The maximum absolute atomic E-state index is 8.94. The molecule has 0 spiro atoms. The van der Waals surface area contributed by atoms with Crippen LogP contribution in [0.3, 0.4) is 0 Å². The first kappa shape index (κ1) is 12.9. The molecule has 3 nitrogen and oxygen atoms in total. The van der Waals surface area contributed by atoms with Crippen LogP contribution in [-0.4, -0.2) is 34.7 Å². The van der Waals surface area contributed by atoms with E-state index in [1.54, 1.807) is 0 Å². The van der Waals surface area contributed by atoms with Gasteiger partial charge in [-0.15, -0.1) is 11.3 Å². The zero-order valence-electron chi connectivity index (χ0n) is 8.95. The average Bonchev–Trinajstić information content (AvgIpc) is 2.61. The molecule has 0 bridgehead atoms. The Bertz CT molecular complexity index is 280. The summed E-state index contributed by atoms with van der Waals surface area (Å²) in [5, 5.41) is 8.94. The Morgan fingerprint density at radius 3 is 2.87 bits per heavy atom. The van der Waals surface area contributed by atoms with Crippen molar-refractivity contribution in [3.8, 4) is 0 Å². The predicted molar refractivity (Wildman–Crippen MR) is 64.4 cm³/mol. The monoisotopic (exact) mass is 248 g/mol. The summed E-state index contributed by atoms with van der Waals surface area (Å²) in [6.07, 6.45) is 4.14. The lowest BCUT2D eigenvalue weighted by Crippen LogP contribution is -2.27. The minimum atomic E-state index is 0.205. The number of hydrogen-bond acceptors (Lipinski definition) is 4. The Morgan fingerprint density at radius 1 is 1.53 bits per heavy atom. The van der Waals surface area contributed by atoms with Crippen LogP contribution in [0.1, 0.15) is 24.6 Å². The smallest absolute Gasteiger partial charge is 0.183 e. The molecule has 0 aliphatic rings. The highest BCUT2D eigenvalue weighted by Crippen LogP contribution is 2.19. The molecule has 0 fully saturated rings. The van der Waals surface area contributed by atoms with E-state index in [1.807, 2.05) is 6.20 Å². The fourth-order valence-corrected chi connectivity index (χ4v) is 2.39. The third-order valence-corrected chi connectivity index (χ3v) is 3.25. The fraction of sp³-hybridized carbons (Fsp3) is 0.700. The molecule has 86 valence electrons. The number of halogens is 1. The summed E-state index contributed by atoms with van der Waals surface area (Å²) < 4.78 is 0.587. The summed E-state index contributed by atoms with van der Waals surface area (Å²) in [5.74, 6) is 0. The van der Waals surface area contributed by atoms with Crippen molar-refractivity contribution >= 4 is 22.9 Å². The van der Waals surface area contributed by atoms with Crippen molar-refractivity contribution in [1.82, 2.24) is 9.88 Å². The molecule has 1 heterocycles. The SMILES string of the molecule is CCCCN(CCO)Cc1cnc(Cl)s1. The normalized spacial score (nSPS) is 11.2. The van der Waals surface area contributed by atoms with E-state index in [0.29, 0.717) is 4.47 Å². The first-order chi connectivity index (χ1) is 7.26. The van der Waals surface area contributed by atoms with Gasteiger partial charge in [0, 0.05) is 24.2 Å². The predicted octanol–water partition coefficient (Wildman–Crippen LogP) is 2.39. The van der Waals surface area contributed by atoms with Crippen LogP contribution in [0.25, 0.3) is 0 Å². The van der Waals surface area contributed by atoms with Crippen LogP contribution in [0, 0.1) is 0 Å². The van der Waals surface area contributed by atoms with Crippen LogP contribution in [0.4, 0.5) is 0 Å². The second kappa shape index (κ2) is 7.17. The molecule has 0 aromatic carbocycles. The van der Waals surface area contributed by atoms with Gasteiger partial charge in [-0.3, -0.25) is 4.90 Å². The van der Waals surface area contributed by atoms with Gasteiger partial charge in [0.25, 0.3) is 0 Å². The van der Waals surface area contributed by atoms with Gasteiger partial charge in [-0.25, -0.2) is 4.98 Å². The molecule has 0 amide bonds. The number of hydrogen-bond donors (Lipinski definition) is 1. The standard InChI is InChI=1S/C10H17ClN2OS/c1-2-3-4-13(5-6-14)8-9-7-12-10(11)15-9/h7,14H,2-6,8H2,1H3. The number of rotatable bonds is 7. The number of aliphatic hydroxyl groups excluding tert-OH is 1. The van der Waals surface area contributed by atoms with Crippen LogP contribution < -0.4 is 0 Å². The molecule has 1 rings (SSSR count). The molecule has 1 N–H and O–H groups in total. The largest absolute Gasteiger partial charge is 0.395 e. The van der Waals surface area contributed by atoms with Crippen LogP contribution in [0.2, 0.25) is 4.47 Å². The summed E-state index contributed by atoms with van der Waals surface area (Å²) in [7, 11) is 0. The molecule has 1 aromatic heterocycles. The lowest BCUT2D eigenvalue weighted by atomic mass is 10.3. The van der Waals surface area contributed by atoms with E-state index < -0.39 is 0 Å². The maximum Gasteiger partial charge on any atom is 0.183 e. The van der Waals surface area contributed by atoms with Crippen LogP contribution in [-0.2, 0) is 6.54 Å². The molecule has 0 unspecified atom stereocenters. The number of unbranched alkanes of at least 4 members (excludes halogenated alkanes) is 1. The van der Waals surface area contributed by atoms with Crippen LogP contribution in [0.15, 0.2) is 6.20 Å². The molecule has 5 heteroatoms. The number of aliphatic hydroxyl groups is 1. The Labute approximate surface area is 99.7 Å². The van der Waals surface area contributed by atoms with Crippen molar-refractivity contribution in [3.05, 3.63) is 15.5 Å². The fourth-order valence-electron chi connectivity index (χ4n) is 1.37. The van der Waals surface area contributed by atoms with Gasteiger partial charge in [0.05, 0.1) is 6.61 Å². The first-order valence-corrected chi connectivity index (χ1v) is 6.39. The van der Waals surface area contributed by atoms with E-state index in [9.17, 15) is 0 Å². The zero-order chi connectivity index (χ0) is 11.1. The molecule has 0 atom stereocenters. The number of thiazole rings is 1. The number of aromatic nitrogens is 1. The van der Waals surface area contributed by atoms with E-state index in [0.717, 1.165) is 30.9 Å². The Morgan fingerprint density at radius 2 is 2.33 bits per heavy atom. The Balaban J connectivity index is 2.42. The molecule has 0 radical (unpaired) electrons. The van der Waals surface area contributed by atoms with Gasteiger partial charge in [0.1, 0.15) is 0 Å². The summed E-state index contributed by atoms with van der Waals surface area (Å²) in [6.45, 7) is 4.95. The van der Waals surface area contributed by atoms with E-state index in [1.165, 1.54) is 17.8 Å². The van der Waals surface area contributed by atoms with Crippen LogP contribution in [0.5, 0.6) is 0 Å². The van der Waals surface area contributed by atoms with Crippen molar-refractivity contribution in [2.24, 2.45) is 0 Å². The van der Waals surface area contributed by atoms with Crippen molar-refractivity contribution in [2.75, 3.05) is 19.7 Å². The molecular formula is C10H17ClN2OS. The lowest BCUT2D eigenvalue weighted by molar-refractivity contribution is 0.189. The van der Waals surface area contributed by atoms with Gasteiger partial charge in [-0.2, -0.15) is 0 Å². The summed E-state index contributed by atoms with van der Waals surface area (Å²) in [5.41, 5.74) is 0. The minimum Gasteiger partial charge on any atom is -0.395 e. The maximum atomic E-state index is 8.94. The minimum absolute atomic E-state index is 0.205. The highest BCUT2D eigenvalue weighted by atomic mass is 35.5. The van der Waals surface area contributed by atoms with E-state index >= 15 is 0 Å². The summed E-state index contributed by atoms with van der Waals surface area (Å²) in [4.78, 5) is 7.39. The molecule has 0 aliphatic heterocycles. The molecular weight excluding hydrogens is 232 g/mol. The van der Waals surface area contributed by atoms with E-state index in [-0.39, 0.29) is 6.61 Å². The molecule has 15 heavy (non-hydrogen) atoms. The zero-order valence-corrected chi connectivity index (χ0v) is 10.5. The lowest BCUT2D eigenvalue weighted by Gasteiger charge is -2.19. The molecule has 0 saturated heterocycles. The van der Waals surface area contributed by atoms with Gasteiger partial charge in [0.2, 0.25) is 0 Å². The topological polar surface area (TPSA) is 36.4 Å². The van der Waals surface area contributed by atoms with Gasteiger partial charge in [-0.1, -0.05) is 24.9 Å². The van der Waals surface area contributed by atoms with Gasteiger partial charge >= 0.3 is 0 Å². The second-order valence-corrected chi connectivity index (χ2v) is 5.13. The van der Waals surface area contributed by atoms with Crippen molar-refractivity contribution < 1.29 is 5.11 Å². The number of nitrogens with zero attached hydrogens (tertiary/aromatic N) is 2. The van der Waals surface area contributed by atoms with Crippen molar-refractivity contribution in [2.45, 2.75) is 26.3 Å². The van der Waals surface area contributed by atoms with Gasteiger partial charge in [-0.05, 0) is 13.0 Å². The summed E-state index contributed by atoms with van der Waals surface area (Å²) in [6, 6.07) is 0. The van der Waals surface area contributed by atoms with Crippen molar-refractivity contribution in [3.63, 3.8) is 0 Å². The first-order valence-electron chi connectivity index (χ1n) is 5.19. The highest BCUT2D eigenvalue weighted by molar-refractivity contribution is 7.15. The second-order valence-electron chi connectivity index (χ2n) is 3.43. The Kier molecular flexibility index (Phi) is 6.17. The van der Waals surface area contributed by atoms with Gasteiger partial charge < -0.3 is 5.11 Å². The molecule has 1 aromatic rings. The quantitative estimate of drug-likeness (QED) is 0.805. The van der Waals surface area contributed by atoms with Crippen molar-refractivity contribution in [1.29, 1.82) is 0 Å². The molecule has 0 aliphatic carbocycles. The average molecular weight is 249 g/mol.